The zero-order valence-corrected chi connectivity index (χ0v) is 17.9. The van der Waals surface area contributed by atoms with E-state index in [1.807, 2.05) is 20.8 Å². The summed E-state index contributed by atoms with van der Waals surface area (Å²) in [5.74, 6) is -0.0713. The molecule has 10 heteroatoms. The Kier molecular flexibility index (Phi) is 7.48. The van der Waals surface area contributed by atoms with Crippen LogP contribution in [-0.2, 0) is 24.3 Å². The molecule has 162 valence electrons. The highest BCUT2D eigenvalue weighted by molar-refractivity contribution is 7.89. The van der Waals surface area contributed by atoms with Gasteiger partial charge in [-0.05, 0) is 46.2 Å². The maximum absolute atomic E-state index is 12.4. The number of carbonyl (C=O) groups is 2. The van der Waals surface area contributed by atoms with Gasteiger partial charge in [0.1, 0.15) is 13.2 Å². The van der Waals surface area contributed by atoms with E-state index < -0.39 is 27.6 Å². The lowest BCUT2D eigenvalue weighted by Crippen LogP contribution is -2.46. The summed E-state index contributed by atoms with van der Waals surface area (Å²) in [5, 5.41) is 2.72. The van der Waals surface area contributed by atoms with E-state index in [-0.39, 0.29) is 30.2 Å². The minimum absolute atomic E-state index is 0.0171. The van der Waals surface area contributed by atoms with Crippen LogP contribution in [0, 0.1) is 0 Å². The summed E-state index contributed by atoms with van der Waals surface area (Å²) in [5.41, 5.74) is -0.427. The van der Waals surface area contributed by atoms with Crippen molar-refractivity contribution in [3.8, 4) is 11.5 Å². The summed E-state index contributed by atoms with van der Waals surface area (Å²) in [6.45, 7) is 7.80. The van der Waals surface area contributed by atoms with Crippen LogP contribution >= 0.6 is 0 Å². The molecular formula is C19H28N2O7S. The summed E-state index contributed by atoms with van der Waals surface area (Å²) < 4.78 is 43.0. The second-order valence-electron chi connectivity index (χ2n) is 7.68. The number of hydrogen-bond donors (Lipinski definition) is 2. The fourth-order valence-corrected chi connectivity index (χ4v) is 3.58. The van der Waals surface area contributed by atoms with Crippen LogP contribution in [0.2, 0.25) is 0 Å². The molecule has 2 N–H and O–H groups in total. The van der Waals surface area contributed by atoms with Gasteiger partial charge in [-0.25, -0.2) is 13.1 Å². The number of benzene rings is 1. The van der Waals surface area contributed by atoms with Crippen LogP contribution < -0.4 is 19.5 Å². The van der Waals surface area contributed by atoms with Crippen LogP contribution in [0.3, 0.4) is 0 Å². The monoisotopic (exact) mass is 428 g/mol. The Morgan fingerprint density at radius 2 is 1.83 bits per heavy atom. The molecule has 0 aliphatic carbocycles. The van der Waals surface area contributed by atoms with E-state index in [0.717, 1.165) is 0 Å². The lowest BCUT2D eigenvalue weighted by Gasteiger charge is -2.23. The molecule has 1 aromatic rings. The predicted octanol–water partition coefficient (Wildman–Crippen LogP) is 1.36. The number of ether oxygens (including phenoxy) is 3. The number of hydrogen-bond acceptors (Lipinski definition) is 7. The van der Waals surface area contributed by atoms with Gasteiger partial charge in [-0.3, -0.25) is 9.59 Å². The van der Waals surface area contributed by atoms with Crippen molar-refractivity contribution in [2.75, 3.05) is 19.8 Å². The molecule has 1 amide bonds. The summed E-state index contributed by atoms with van der Waals surface area (Å²) in [6.07, 6.45) is -0.705. The minimum atomic E-state index is -3.75. The molecule has 1 aliphatic rings. The van der Waals surface area contributed by atoms with E-state index in [4.69, 9.17) is 14.2 Å². The summed E-state index contributed by atoms with van der Waals surface area (Å²) in [6, 6.07) is 4.38. The first kappa shape index (κ1) is 23.0. The summed E-state index contributed by atoms with van der Waals surface area (Å²) in [4.78, 5) is 23.8. The van der Waals surface area contributed by atoms with Gasteiger partial charge in [0.05, 0.1) is 4.90 Å². The van der Waals surface area contributed by atoms with Crippen molar-refractivity contribution in [2.45, 2.75) is 57.1 Å². The van der Waals surface area contributed by atoms with Gasteiger partial charge in [0, 0.05) is 24.6 Å². The molecule has 0 saturated heterocycles. The number of rotatable bonds is 8. The van der Waals surface area contributed by atoms with Gasteiger partial charge in [-0.15, -0.1) is 0 Å². The van der Waals surface area contributed by atoms with Crippen molar-refractivity contribution < 1.29 is 32.2 Å². The Hall–Kier alpha value is -2.33. The fourth-order valence-electron chi connectivity index (χ4n) is 2.49. The molecule has 0 spiro atoms. The average molecular weight is 429 g/mol. The minimum Gasteiger partial charge on any atom is -0.486 e. The number of nitrogens with one attached hydrogen (secondary N) is 2. The second kappa shape index (κ2) is 9.45. The lowest BCUT2D eigenvalue weighted by atomic mass is 10.1. The average Bonchev–Trinajstić information content (AvgIpc) is 2.63. The Morgan fingerprint density at radius 3 is 2.48 bits per heavy atom. The first-order valence-corrected chi connectivity index (χ1v) is 10.9. The molecule has 0 unspecified atom stereocenters. The van der Waals surface area contributed by atoms with E-state index in [1.54, 1.807) is 6.07 Å². The molecule has 1 aromatic carbocycles. The summed E-state index contributed by atoms with van der Waals surface area (Å²) in [7, 11) is -3.75. The van der Waals surface area contributed by atoms with Crippen LogP contribution in [0.4, 0.5) is 0 Å². The lowest BCUT2D eigenvalue weighted by molar-refractivity contribution is -0.155. The third-order valence-electron chi connectivity index (χ3n) is 3.85. The Bertz CT molecular complexity index is 847. The zero-order valence-electron chi connectivity index (χ0n) is 17.1. The van der Waals surface area contributed by atoms with E-state index in [2.05, 4.69) is 10.0 Å². The molecule has 29 heavy (non-hydrogen) atoms. The van der Waals surface area contributed by atoms with Gasteiger partial charge in [-0.2, -0.15) is 0 Å². The first-order chi connectivity index (χ1) is 13.5. The number of esters is 1. The van der Waals surface area contributed by atoms with Gasteiger partial charge in [-0.1, -0.05) is 0 Å². The third kappa shape index (κ3) is 7.21. The van der Waals surface area contributed by atoms with Crippen molar-refractivity contribution in [3.05, 3.63) is 18.2 Å². The van der Waals surface area contributed by atoms with Crippen molar-refractivity contribution in [1.29, 1.82) is 0 Å². The molecule has 9 nitrogen and oxygen atoms in total. The Labute approximate surface area is 171 Å². The highest BCUT2D eigenvalue weighted by Crippen LogP contribution is 2.32. The highest BCUT2D eigenvalue weighted by Gasteiger charge is 2.23. The molecule has 1 aliphatic heterocycles. The van der Waals surface area contributed by atoms with Gasteiger partial charge >= 0.3 is 5.97 Å². The van der Waals surface area contributed by atoms with Crippen molar-refractivity contribution in [2.24, 2.45) is 0 Å². The van der Waals surface area contributed by atoms with Crippen LogP contribution in [0.5, 0.6) is 11.5 Å². The van der Waals surface area contributed by atoms with E-state index in [0.29, 0.717) is 24.7 Å². The van der Waals surface area contributed by atoms with Crippen LogP contribution in [0.25, 0.3) is 0 Å². The standard InChI is InChI=1S/C19H28N2O7S/c1-13(18(23)21-19(2,3)4)28-17(22)6-5-9-20-29(24,25)14-7-8-15-16(12-14)27-11-10-26-15/h7-8,12-13,20H,5-6,9-11H2,1-4H3,(H,21,23)/t13-/m1/s1. The van der Waals surface area contributed by atoms with Crippen molar-refractivity contribution in [1.82, 2.24) is 10.0 Å². The molecule has 0 radical (unpaired) electrons. The van der Waals surface area contributed by atoms with Crippen LogP contribution in [0.1, 0.15) is 40.5 Å². The Morgan fingerprint density at radius 1 is 1.17 bits per heavy atom. The second-order valence-corrected chi connectivity index (χ2v) is 9.45. The molecule has 0 saturated carbocycles. The maximum atomic E-state index is 12.4. The normalized spacial score (nSPS) is 14.8. The first-order valence-electron chi connectivity index (χ1n) is 9.39. The van der Waals surface area contributed by atoms with Crippen molar-refractivity contribution >= 4 is 21.9 Å². The Balaban J connectivity index is 1.77. The van der Waals surface area contributed by atoms with E-state index >= 15 is 0 Å². The molecule has 0 fully saturated rings. The zero-order chi connectivity index (χ0) is 21.7. The SMILES string of the molecule is C[C@@H](OC(=O)CCCNS(=O)(=O)c1ccc2c(c1)OCCO2)C(=O)NC(C)(C)C. The summed E-state index contributed by atoms with van der Waals surface area (Å²) >= 11 is 0. The topological polar surface area (TPSA) is 120 Å². The van der Waals surface area contributed by atoms with Gasteiger partial charge in [0.25, 0.3) is 5.91 Å². The number of amides is 1. The van der Waals surface area contributed by atoms with Crippen LogP contribution in [-0.4, -0.2) is 51.7 Å². The van der Waals surface area contributed by atoms with Gasteiger partial charge in [0.15, 0.2) is 17.6 Å². The predicted molar refractivity (Wildman–Crippen MR) is 105 cm³/mol. The van der Waals surface area contributed by atoms with E-state index in [9.17, 15) is 18.0 Å². The molecule has 1 atom stereocenters. The number of sulfonamides is 1. The highest BCUT2D eigenvalue weighted by atomic mass is 32.2. The maximum Gasteiger partial charge on any atom is 0.306 e. The number of fused-ring (bicyclic) bond motifs is 1. The van der Waals surface area contributed by atoms with E-state index in [1.165, 1.54) is 19.1 Å². The molecule has 0 aromatic heterocycles. The van der Waals surface area contributed by atoms with Crippen LogP contribution in [0.15, 0.2) is 23.1 Å². The quantitative estimate of drug-likeness (QED) is 0.474. The molecule has 0 bridgehead atoms. The molecule has 2 rings (SSSR count). The smallest absolute Gasteiger partial charge is 0.306 e. The van der Waals surface area contributed by atoms with Gasteiger partial charge in [0.2, 0.25) is 10.0 Å². The van der Waals surface area contributed by atoms with Crippen molar-refractivity contribution in [3.63, 3.8) is 0 Å². The van der Waals surface area contributed by atoms with Gasteiger partial charge < -0.3 is 19.5 Å². The molecular weight excluding hydrogens is 400 g/mol. The third-order valence-corrected chi connectivity index (χ3v) is 5.31. The number of carbonyl (C=O) groups excluding carboxylic acids is 2. The molecule has 1 heterocycles. The largest absolute Gasteiger partial charge is 0.486 e. The fraction of sp³-hybridized carbons (Fsp3) is 0.579.